The van der Waals surface area contributed by atoms with Crippen molar-refractivity contribution in [2.75, 3.05) is 26.7 Å². The highest BCUT2D eigenvalue weighted by molar-refractivity contribution is 5.78. The van der Waals surface area contributed by atoms with E-state index < -0.39 is 5.97 Å². The molecule has 6 heteroatoms. The molecule has 102 valence electrons. The van der Waals surface area contributed by atoms with Gasteiger partial charge in [-0.05, 0) is 13.8 Å². The zero-order chi connectivity index (χ0) is 14.1. The lowest BCUT2D eigenvalue weighted by molar-refractivity contribution is -0.138. The molecule has 0 aromatic heterocycles. The number of nitrogens with zero attached hydrogens (tertiary/aromatic N) is 3. The smallest absolute Gasteiger partial charge is 0.304 e. The lowest BCUT2D eigenvalue weighted by atomic mass is 10.2. The van der Waals surface area contributed by atoms with Gasteiger partial charge in [-0.2, -0.15) is 5.26 Å². The number of nitriles is 1. The number of carbonyl (C=O) groups excluding carboxylic acids is 1. The Labute approximate surface area is 108 Å². The molecule has 0 saturated carbocycles. The van der Waals surface area contributed by atoms with Crippen LogP contribution in [0.2, 0.25) is 0 Å². The standard InChI is InChI=1S/C12H21N3O3/c1-10(2)15(8-5-12(17)18)9-11(16)14(3)7-4-6-13/h10H,4-5,7-9H2,1-3H3,(H,17,18). The Hall–Kier alpha value is -1.61. The fourth-order valence-electron chi connectivity index (χ4n) is 1.40. The van der Waals surface area contributed by atoms with Crippen molar-refractivity contribution in [3.05, 3.63) is 0 Å². The number of carboxylic acid groups (broad SMARTS) is 1. The second kappa shape index (κ2) is 8.48. The van der Waals surface area contributed by atoms with Gasteiger partial charge in [0.15, 0.2) is 0 Å². The minimum atomic E-state index is -0.870. The molecule has 18 heavy (non-hydrogen) atoms. The Morgan fingerprint density at radius 2 is 1.94 bits per heavy atom. The van der Waals surface area contributed by atoms with Crippen LogP contribution in [0.4, 0.5) is 0 Å². The van der Waals surface area contributed by atoms with Gasteiger partial charge in [0, 0.05) is 26.2 Å². The summed E-state index contributed by atoms with van der Waals surface area (Å²) in [7, 11) is 1.65. The van der Waals surface area contributed by atoms with Crippen LogP contribution < -0.4 is 0 Å². The largest absolute Gasteiger partial charge is 0.481 e. The van der Waals surface area contributed by atoms with E-state index in [1.165, 1.54) is 4.90 Å². The monoisotopic (exact) mass is 255 g/mol. The van der Waals surface area contributed by atoms with Gasteiger partial charge in [-0.3, -0.25) is 14.5 Å². The van der Waals surface area contributed by atoms with Gasteiger partial charge in [-0.15, -0.1) is 0 Å². The van der Waals surface area contributed by atoms with Crippen molar-refractivity contribution >= 4 is 11.9 Å². The van der Waals surface area contributed by atoms with E-state index in [0.29, 0.717) is 19.5 Å². The van der Waals surface area contributed by atoms with Crippen molar-refractivity contribution < 1.29 is 14.7 Å². The first-order chi connectivity index (χ1) is 8.38. The Kier molecular flexibility index (Phi) is 7.72. The first-order valence-corrected chi connectivity index (χ1v) is 5.95. The zero-order valence-corrected chi connectivity index (χ0v) is 11.2. The highest BCUT2D eigenvalue weighted by atomic mass is 16.4. The molecule has 6 nitrogen and oxygen atoms in total. The molecule has 0 rings (SSSR count). The van der Waals surface area contributed by atoms with Crippen LogP contribution in [0.25, 0.3) is 0 Å². The molecule has 0 aliphatic rings. The molecule has 0 fully saturated rings. The van der Waals surface area contributed by atoms with Crippen molar-refractivity contribution in [3.8, 4) is 6.07 Å². The van der Waals surface area contributed by atoms with E-state index in [1.54, 1.807) is 7.05 Å². The minimum absolute atomic E-state index is 0.0212. The molecule has 0 aromatic rings. The maximum Gasteiger partial charge on any atom is 0.304 e. The van der Waals surface area contributed by atoms with Gasteiger partial charge in [-0.1, -0.05) is 0 Å². The van der Waals surface area contributed by atoms with Crippen molar-refractivity contribution in [2.24, 2.45) is 0 Å². The number of carbonyl (C=O) groups is 2. The molecule has 0 spiro atoms. The number of likely N-dealkylation sites (N-methyl/N-ethyl adjacent to an activating group) is 1. The van der Waals surface area contributed by atoms with Gasteiger partial charge >= 0.3 is 5.97 Å². The first-order valence-electron chi connectivity index (χ1n) is 5.95. The van der Waals surface area contributed by atoms with E-state index in [0.717, 1.165) is 0 Å². The third-order valence-electron chi connectivity index (χ3n) is 2.67. The van der Waals surface area contributed by atoms with Gasteiger partial charge in [0.05, 0.1) is 25.5 Å². The second-order valence-corrected chi connectivity index (χ2v) is 4.43. The van der Waals surface area contributed by atoms with Crippen LogP contribution in [0.3, 0.4) is 0 Å². The van der Waals surface area contributed by atoms with Crippen molar-refractivity contribution in [1.82, 2.24) is 9.80 Å². The average Bonchev–Trinajstić information content (AvgIpc) is 2.30. The number of rotatable bonds is 8. The highest BCUT2D eigenvalue weighted by Gasteiger charge is 2.17. The zero-order valence-electron chi connectivity index (χ0n) is 11.2. The topological polar surface area (TPSA) is 84.6 Å². The number of hydrogen-bond acceptors (Lipinski definition) is 4. The first kappa shape index (κ1) is 16.4. The summed E-state index contributed by atoms with van der Waals surface area (Å²) in [5.74, 6) is -0.963. The lowest BCUT2D eigenvalue weighted by Crippen LogP contribution is -2.42. The molecule has 0 radical (unpaired) electrons. The normalized spacial score (nSPS) is 10.4. The average molecular weight is 255 g/mol. The molecule has 0 aliphatic carbocycles. The summed E-state index contributed by atoms with van der Waals surface area (Å²) < 4.78 is 0. The summed E-state index contributed by atoms with van der Waals surface area (Å²) >= 11 is 0. The summed E-state index contributed by atoms with van der Waals surface area (Å²) in [6.07, 6.45) is 0.326. The molecule has 0 aliphatic heterocycles. The van der Waals surface area contributed by atoms with E-state index in [1.807, 2.05) is 24.8 Å². The molecule has 0 heterocycles. The fourth-order valence-corrected chi connectivity index (χ4v) is 1.40. The number of amides is 1. The molecular formula is C12H21N3O3. The molecule has 0 aromatic carbocycles. The van der Waals surface area contributed by atoms with Gasteiger partial charge < -0.3 is 10.0 Å². The predicted molar refractivity (Wildman–Crippen MR) is 66.8 cm³/mol. The summed E-state index contributed by atoms with van der Waals surface area (Å²) in [6, 6.07) is 2.09. The predicted octanol–water partition coefficient (Wildman–Crippen LogP) is 0.544. The third-order valence-corrected chi connectivity index (χ3v) is 2.67. The molecular weight excluding hydrogens is 234 g/mol. The van der Waals surface area contributed by atoms with Crippen LogP contribution >= 0.6 is 0 Å². The van der Waals surface area contributed by atoms with E-state index in [4.69, 9.17) is 10.4 Å². The van der Waals surface area contributed by atoms with E-state index in [9.17, 15) is 9.59 Å². The van der Waals surface area contributed by atoms with Crippen LogP contribution in [0, 0.1) is 11.3 Å². The van der Waals surface area contributed by atoms with Gasteiger partial charge in [0.2, 0.25) is 5.91 Å². The van der Waals surface area contributed by atoms with Crippen molar-refractivity contribution in [3.63, 3.8) is 0 Å². The second-order valence-electron chi connectivity index (χ2n) is 4.43. The maximum atomic E-state index is 11.8. The van der Waals surface area contributed by atoms with Gasteiger partial charge in [0.1, 0.15) is 0 Å². The summed E-state index contributed by atoms with van der Waals surface area (Å²) in [5.41, 5.74) is 0. The molecule has 0 bridgehead atoms. The van der Waals surface area contributed by atoms with E-state index >= 15 is 0 Å². The molecule has 0 saturated heterocycles. The highest BCUT2D eigenvalue weighted by Crippen LogP contribution is 2.01. The van der Waals surface area contributed by atoms with Gasteiger partial charge in [-0.25, -0.2) is 0 Å². The Morgan fingerprint density at radius 3 is 2.39 bits per heavy atom. The van der Waals surface area contributed by atoms with E-state index in [-0.39, 0.29) is 24.9 Å². The molecule has 0 unspecified atom stereocenters. The SMILES string of the molecule is CC(C)N(CCC(=O)O)CC(=O)N(C)CCC#N. The summed E-state index contributed by atoms with van der Waals surface area (Å²) in [6.45, 7) is 4.78. The molecule has 0 atom stereocenters. The quantitative estimate of drug-likeness (QED) is 0.684. The Balaban J connectivity index is 4.27. The Morgan fingerprint density at radius 1 is 1.33 bits per heavy atom. The fraction of sp³-hybridized carbons (Fsp3) is 0.750. The van der Waals surface area contributed by atoms with E-state index in [2.05, 4.69) is 0 Å². The van der Waals surface area contributed by atoms with Crippen molar-refractivity contribution in [2.45, 2.75) is 32.7 Å². The maximum absolute atomic E-state index is 11.8. The number of hydrogen-bond donors (Lipinski definition) is 1. The Bertz CT molecular complexity index is 323. The van der Waals surface area contributed by atoms with Crippen LogP contribution in [0.15, 0.2) is 0 Å². The van der Waals surface area contributed by atoms with Crippen LogP contribution in [0.5, 0.6) is 0 Å². The van der Waals surface area contributed by atoms with Crippen molar-refractivity contribution in [1.29, 1.82) is 5.26 Å². The number of carboxylic acids is 1. The molecule has 1 amide bonds. The molecule has 1 N–H and O–H groups in total. The summed E-state index contributed by atoms with van der Waals surface area (Å²) in [5, 5.41) is 17.1. The third kappa shape index (κ3) is 6.86. The minimum Gasteiger partial charge on any atom is -0.481 e. The number of aliphatic carboxylic acids is 1. The van der Waals surface area contributed by atoms with Gasteiger partial charge in [0.25, 0.3) is 0 Å². The van der Waals surface area contributed by atoms with Crippen LogP contribution in [-0.4, -0.2) is 59.5 Å². The lowest BCUT2D eigenvalue weighted by Gasteiger charge is -2.27. The summed E-state index contributed by atoms with van der Waals surface area (Å²) in [4.78, 5) is 25.7. The van der Waals surface area contributed by atoms with Crippen LogP contribution in [-0.2, 0) is 9.59 Å². The van der Waals surface area contributed by atoms with Crippen LogP contribution in [0.1, 0.15) is 26.7 Å².